The van der Waals surface area contributed by atoms with Crippen LogP contribution in [0.5, 0.6) is 0 Å². The molecule has 0 radical (unpaired) electrons. The molecule has 0 aliphatic heterocycles. The second-order valence-electron chi connectivity index (χ2n) is 4.37. The van der Waals surface area contributed by atoms with Gasteiger partial charge in [-0.2, -0.15) is 0 Å². The minimum absolute atomic E-state index is 0.142. The highest BCUT2D eigenvalue weighted by atomic mass is 79.9. The lowest BCUT2D eigenvalue weighted by Crippen LogP contribution is -2.55. The Morgan fingerprint density at radius 3 is 2.59 bits per heavy atom. The molecule has 0 amide bonds. The summed E-state index contributed by atoms with van der Waals surface area (Å²) in [4.78, 5) is 1.05. The van der Waals surface area contributed by atoms with Gasteiger partial charge >= 0.3 is 0 Å². The summed E-state index contributed by atoms with van der Waals surface area (Å²) in [5.74, 6) is 0. The number of halogens is 1. The van der Waals surface area contributed by atoms with Crippen molar-refractivity contribution in [3.05, 3.63) is 14.7 Å². The van der Waals surface area contributed by atoms with E-state index in [0.717, 1.165) is 15.1 Å². The zero-order chi connectivity index (χ0) is 12.7. The number of rotatable bonds is 4. The van der Waals surface area contributed by atoms with Crippen LogP contribution in [0.2, 0.25) is 0 Å². The summed E-state index contributed by atoms with van der Waals surface area (Å²) in [6.07, 6.45) is 2.36. The minimum atomic E-state index is -3.53. The van der Waals surface area contributed by atoms with E-state index in [0.29, 0.717) is 17.7 Å². The van der Waals surface area contributed by atoms with Gasteiger partial charge in [-0.3, -0.25) is 0 Å². The number of aliphatic hydroxyl groups is 1. The average molecular weight is 340 g/mol. The molecule has 1 heterocycles. The van der Waals surface area contributed by atoms with Gasteiger partial charge in [-0.1, -0.05) is 0 Å². The van der Waals surface area contributed by atoms with E-state index in [1.807, 2.05) is 0 Å². The van der Waals surface area contributed by atoms with E-state index in [-0.39, 0.29) is 6.61 Å². The first-order chi connectivity index (χ1) is 7.88. The highest BCUT2D eigenvalue weighted by Gasteiger charge is 2.40. The molecule has 0 aromatic carbocycles. The average Bonchev–Trinajstić information content (AvgIpc) is 2.52. The fraction of sp³-hybridized carbons (Fsp3) is 0.600. The smallest absolute Gasteiger partial charge is 0.242 e. The Bertz CT molecular complexity index is 514. The number of aryl methyl sites for hydroxylation is 1. The van der Waals surface area contributed by atoms with E-state index in [1.165, 1.54) is 11.3 Å². The molecule has 1 aromatic heterocycles. The van der Waals surface area contributed by atoms with Gasteiger partial charge in [-0.05, 0) is 48.2 Å². The van der Waals surface area contributed by atoms with Crippen molar-refractivity contribution in [3.8, 4) is 0 Å². The van der Waals surface area contributed by atoms with Crippen molar-refractivity contribution in [1.29, 1.82) is 0 Å². The van der Waals surface area contributed by atoms with Gasteiger partial charge in [0, 0.05) is 4.88 Å². The van der Waals surface area contributed by atoms with Crippen LogP contribution in [-0.4, -0.2) is 25.7 Å². The van der Waals surface area contributed by atoms with Crippen LogP contribution >= 0.6 is 27.3 Å². The Morgan fingerprint density at radius 2 is 2.24 bits per heavy atom. The van der Waals surface area contributed by atoms with Crippen molar-refractivity contribution in [2.75, 3.05) is 6.61 Å². The quantitative estimate of drug-likeness (QED) is 0.881. The number of sulfonamides is 1. The van der Waals surface area contributed by atoms with Crippen molar-refractivity contribution >= 4 is 37.3 Å². The van der Waals surface area contributed by atoms with Gasteiger partial charge in [0.05, 0.1) is 20.8 Å². The van der Waals surface area contributed by atoms with Crippen molar-refractivity contribution < 1.29 is 13.5 Å². The summed E-state index contributed by atoms with van der Waals surface area (Å²) in [6, 6.07) is 1.60. The highest BCUT2D eigenvalue weighted by molar-refractivity contribution is 9.11. The number of hydrogen-bond acceptors (Lipinski definition) is 4. The first kappa shape index (κ1) is 13.5. The molecule has 4 nitrogen and oxygen atoms in total. The maximum atomic E-state index is 12.2. The standard InChI is InChI=1S/C10H14BrNO3S2/c1-7-8(5-9(11)16-7)17(14,15)12-10(6-13)3-2-4-10/h5,12-13H,2-4,6H2,1H3. The van der Waals surface area contributed by atoms with Crippen LogP contribution in [0.1, 0.15) is 24.1 Å². The van der Waals surface area contributed by atoms with Crippen LogP contribution < -0.4 is 4.72 Å². The molecular weight excluding hydrogens is 326 g/mol. The van der Waals surface area contributed by atoms with Gasteiger partial charge in [-0.25, -0.2) is 13.1 Å². The molecule has 17 heavy (non-hydrogen) atoms. The zero-order valence-electron chi connectivity index (χ0n) is 9.36. The van der Waals surface area contributed by atoms with Crippen LogP contribution in [0.25, 0.3) is 0 Å². The topological polar surface area (TPSA) is 66.4 Å². The van der Waals surface area contributed by atoms with E-state index in [4.69, 9.17) is 0 Å². The molecule has 1 saturated carbocycles. The van der Waals surface area contributed by atoms with E-state index < -0.39 is 15.6 Å². The molecule has 0 saturated heterocycles. The van der Waals surface area contributed by atoms with Crippen LogP contribution in [-0.2, 0) is 10.0 Å². The van der Waals surface area contributed by atoms with Gasteiger partial charge < -0.3 is 5.11 Å². The normalized spacial score (nSPS) is 19.0. The Hall–Kier alpha value is 0.0500. The maximum Gasteiger partial charge on any atom is 0.242 e. The summed E-state index contributed by atoms with van der Waals surface area (Å²) in [6.45, 7) is 1.63. The second-order valence-corrected chi connectivity index (χ2v) is 8.65. The van der Waals surface area contributed by atoms with Gasteiger partial charge in [0.1, 0.15) is 0 Å². The fourth-order valence-corrected chi connectivity index (χ4v) is 5.80. The lowest BCUT2D eigenvalue weighted by molar-refractivity contribution is 0.110. The molecule has 1 aromatic rings. The highest BCUT2D eigenvalue weighted by Crippen LogP contribution is 2.35. The second kappa shape index (κ2) is 4.62. The maximum absolute atomic E-state index is 12.2. The molecule has 96 valence electrons. The third-order valence-electron chi connectivity index (χ3n) is 3.10. The fourth-order valence-electron chi connectivity index (χ4n) is 1.93. The van der Waals surface area contributed by atoms with Crippen molar-refractivity contribution in [3.63, 3.8) is 0 Å². The third kappa shape index (κ3) is 2.58. The van der Waals surface area contributed by atoms with E-state index in [9.17, 15) is 13.5 Å². The van der Waals surface area contributed by atoms with E-state index >= 15 is 0 Å². The van der Waals surface area contributed by atoms with Crippen LogP contribution in [0.3, 0.4) is 0 Å². The lowest BCUT2D eigenvalue weighted by atomic mass is 9.78. The third-order valence-corrected chi connectivity index (χ3v) is 6.48. The Labute approximate surface area is 113 Å². The van der Waals surface area contributed by atoms with Crippen molar-refractivity contribution in [2.45, 2.75) is 36.6 Å². The summed E-state index contributed by atoms with van der Waals surface area (Å²) in [5, 5.41) is 9.29. The van der Waals surface area contributed by atoms with Gasteiger partial charge in [-0.15, -0.1) is 11.3 Å². The molecule has 0 bridgehead atoms. The summed E-state index contributed by atoms with van der Waals surface area (Å²) < 4.78 is 27.8. The SMILES string of the molecule is Cc1sc(Br)cc1S(=O)(=O)NC1(CO)CCC1. The van der Waals surface area contributed by atoms with E-state index in [1.54, 1.807) is 13.0 Å². The molecular formula is C10H14BrNO3S2. The summed E-state index contributed by atoms with van der Waals surface area (Å²) in [5.41, 5.74) is -0.639. The predicted molar refractivity (Wildman–Crippen MR) is 70.7 cm³/mol. The Morgan fingerprint density at radius 1 is 1.59 bits per heavy atom. The minimum Gasteiger partial charge on any atom is -0.394 e. The molecule has 1 aliphatic rings. The van der Waals surface area contributed by atoms with Gasteiger partial charge in [0.25, 0.3) is 0 Å². The largest absolute Gasteiger partial charge is 0.394 e. The van der Waals surface area contributed by atoms with Crippen LogP contribution in [0, 0.1) is 6.92 Å². The number of thiophene rings is 1. The van der Waals surface area contributed by atoms with E-state index in [2.05, 4.69) is 20.7 Å². The Balaban J connectivity index is 2.28. The number of nitrogens with one attached hydrogen (secondary N) is 1. The predicted octanol–water partition coefficient (Wildman–Crippen LogP) is 2.01. The monoisotopic (exact) mass is 339 g/mol. The molecule has 7 heteroatoms. The molecule has 0 spiro atoms. The first-order valence-electron chi connectivity index (χ1n) is 5.29. The summed E-state index contributed by atoms with van der Waals surface area (Å²) >= 11 is 4.67. The lowest BCUT2D eigenvalue weighted by Gasteiger charge is -2.40. The van der Waals surface area contributed by atoms with Crippen molar-refractivity contribution in [2.24, 2.45) is 0 Å². The van der Waals surface area contributed by atoms with Gasteiger partial charge in [0.15, 0.2) is 0 Å². The zero-order valence-corrected chi connectivity index (χ0v) is 12.6. The molecule has 1 aliphatic carbocycles. The number of hydrogen-bond donors (Lipinski definition) is 2. The number of aliphatic hydroxyl groups excluding tert-OH is 1. The Kier molecular flexibility index (Phi) is 3.66. The molecule has 2 N–H and O–H groups in total. The van der Waals surface area contributed by atoms with Gasteiger partial charge in [0.2, 0.25) is 10.0 Å². The molecule has 0 atom stereocenters. The molecule has 1 fully saturated rings. The first-order valence-corrected chi connectivity index (χ1v) is 8.39. The van der Waals surface area contributed by atoms with Crippen LogP contribution in [0.4, 0.5) is 0 Å². The molecule has 2 rings (SSSR count). The van der Waals surface area contributed by atoms with Crippen molar-refractivity contribution in [1.82, 2.24) is 4.72 Å². The van der Waals surface area contributed by atoms with Crippen LogP contribution in [0.15, 0.2) is 14.7 Å². The summed E-state index contributed by atoms with van der Waals surface area (Å²) in [7, 11) is -3.53. The molecule has 0 unspecified atom stereocenters.